The van der Waals surface area contributed by atoms with Crippen molar-refractivity contribution in [1.29, 1.82) is 0 Å². The molecule has 1 nitrogen and oxygen atoms in total. The van der Waals surface area contributed by atoms with Gasteiger partial charge in [0, 0.05) is 6.04 Å². The van der Waals surface area contributed by atoms with E-state index in [-0.39, 0.29) is 0 Å². The molecule has 0 aliphatic heterocycles. The second-order valence-electron chi connectivity index (χ2n) is 4.88. The highest BCUT2D eigenvalue weighted by Crippen LogP contribution is 2.28. The van der Waals surface area contributed by atoms with Crippen LogP contribution in [0.3, 0.4) is 0 Å². The van der Waals surface area contributed by atoms with Crippen molar-refractivity contribution in [2.45, 2.75) is 51.5 Å². The van der Waals surface area contributed by atoms with Crippen molar-refractivity contribution in [3.8, 4) is 0 Å². The molecule has 0 saturated heterocycles. The van der Waals surface area contributed by atoms with Gasteiger partial charge in [0.05, 0.1) is 0 Å². The van der Waals surface area contributed by atoms with Gasteiger partial charge in [0.25, 0.3) is 0 Å². The average molecular weight is 237 g/mol. The van der Waals surface area contributed by atoms with Crippen LogP contribution in [0.15, 0.2) is 16.8 Å². The van der Waals surface area contributed by atoms with E-state index >= 15 is 0 Å². The van der Waals surface area contributed by atoms with Gasteiger partial charge in [-0.2, -0.15) is 11.3 Å². The first-order valence-electron chi connectivity index (χ1n) is 6.64. The molecular weight excluding hydrogens is 214 g/mol. The zero-order valence-electron chi connectivity index (χ0n) is 10.2. The van der Waals surface area contributed by atoms with E-state index in [1.54, 1.807) is 0 Å². The fourth-order valence-corrected chi connectivity index (χ4v) is 3.57. The van der Waals surface area contributed by atoms with E-state index in [2.05, 4.69) is 29.1 Å². The fraction of sp³-hybridized carbons (Fsp3) is 0.714. The molecule has 1 aliphatic carbocycles. The Balaban J connectivity index is 1.81. The molecule has 16 heavy (non-hydrogen) atoms. The van der Waals surface area contributed by atoms with Crippen molar-refractivity contribution in [3.63, 3.8) is 0 Å². The zero-order chi connectivity index (χ0) is 11.2. The Morgan fingerprint density at radius 3 is 3.00 bits per heavy atom. The third-order valence-corrected chi connectivity index (χ3v) is 4.49. The first-order valence-corrected chi connectivity index (χ1v) is 7.59. The molecule has 0 spiro atoms. The highest BCUT2D eigenvalue weighted by molar-refractivity contribution is 7.07. The lowest BCUT2D eigenvalue weighted by molar-refractivity contribution is 0.252. The van der Waals surface area contributed by atoms with Crippen LogP contribution in [0.5, 0.6) is 0 Å². The second kappa shape index (κ2) is 6.41. The normalized spacial score (nSPS) is 25.8. The number of aryl methyl sites for hydroxylation is 1. The monoisotopic (exact) mass is 237 g/mol. The van der Waals surface area contributed by atoms with Crippen molar-refractivity contribution in [2.75, 3.05) is 6.54 Å². The van der Waals surface area contributed by atoms with Crippen LogP contribution < -0.4 is 5.32 Å². The molecule has 1 saturated carbocycles. The molecule has 1 N–H and O–H groups in total. The summed E-state index contributed by atoms with van der Waals surface area (Å²) in [7, 11) is 0. The molecule has 2 rings (SSSR count). The third kappa shape index (κ3) is 3.33. The van der Waals surface area contributed by atoms with Crippen molar-refractivity contribution < 1.29 is 0 Å². The van der Waals surface area contributed by atoms with E-state index in [4.69, 9.17) is 0 Å². The molecule has 2 heteroatoms. The summed E-state index contributed by atoms with van der Waals surface area (Å²) in [4.78, 5) is 0. The summed E-state index contributed by atoms with van der Waals surface area (Å²) in [5, 5.41) is 8.16. The van der Waals surface area contributed by atoms with E-state index in [9.17, 15) is 0 Å². The Bertz CT molecular complexity index is 279. The molecule has 1 heterocycles. The first kappa shape index (κ1) is 12.1. The average Bonchev–Trinajstić information content (AvgIpc) is 2.81. The predicted molar refractivity (Wildman–Crippen MR) is 72.1 cm³/mol. The van der Waals surface area contributed by atoms with Gasteiger partial charge >= 0.3 is 0 Å². The maximum Gasteiger partial charge on any atom is 0.00953 e. The van der Waals surface area contributed by atoms with Crippen LogP contribution in [0.1, 0.15) is 44.6 Å². The minimum Gasteiger partial charge on any atom is -0.314 e. The topological polar surface area (TPSA) is 12.0 Å². The van der Waals surface area contributed by atoms with Gasteiger partial charge in [0.1, 0.15) is 0 Å². The smallest absolute Gasteiger partial charge is 0.00953 e. The molecule has 1 aromatic rings. The van der Waals surface area contributed by atoms with Crippen molar-refractivity contribution in [3.05, 3.63) is 22.4 Å². The fourth-order valence-electron chi connectivity index (χ4n) is 2.87. The summed E-state index contributed by atoms with van der Waals surface area (Å²) in [6.45, 7) is 3.35. The van der Waals surface area contributed by atoms with Crippen molar-refractivity contribution in [1.82, 2.24) is 5.32 Å². The van der Waals surface area contributed by atoms with Crippen LogP contribution in [-0.2, 0) is 6.42 Å². The van der Waals surface area contributed by atoms with E-state index < -0.39 is 0 Å². The second-order valence-corrected chi connectivity index (χ2v) is 5.66. The minimum absolute atomic E-state index is 0.789. The number of hydrogen-bond acceptors (Lipinski definition) is 2. The predicted octanol–water partition coefficient (Wildman–Crippen LogP) is 3.85. The minimum atomic E-state index is 0.789. The van der Waals surface area contributed by atoms with Gasteiger partial charge in [0.2, 0.25) is 0 Å². The molecule has 1 aliphatic rings. The Hall–Kier alpha value is -0.340. The highest BCUT2D eigenvalue weighted by atomic mass is 32.1. The summed E-state index contributed by atoms with van der Waals surface area (Å²) < 4.78 is 0. The molecular formula is C14H23NS. The number of rotatable bonds is 5. The summed E-state index contributed by atoms with van der Waals surface area (Å²) in [6.07, 6.45) is 8.33. The van der Waals surface area contributed by atoms with Crippen LogP contribution in [0.25, 0.3) is 0 Å². The number of hydrogen-bond donors (Lipinski definition) is 1. The Morgan fingerprint density at radius 1 is 1.38 bits per heavy atom. The zero-order valence-corrected chi connectivity index (χ0v) is 11.1. The van der Waals surface area contributed by atoms with Crippen molar-refractivity contribution >= 4 is 11.3 Å². The van der Waals surface area contributed by atoms with Crippen LogP contribution >= 0.6 is 11.3 Å². The van der Waals surface area contributed by atoms with Gasteiger partial charge < -0.3 is 5.32 Å². The SMILES string of the molecule is CCNC1CCCCC1CCc1ccsc1. The summed E-state index contributed by atoms with van der Waals surface area (Å²) in [5.41, 5.74) is 1.53. The number of nitrogens with one attached hydrogen (secondary N) is 1. The molecule has 0 aromatic carbocycles. The first-order chi connectivity index (χ1) is 7.90. The van der Waals surface area contributed by atoms with E-state index in [0.717, 1.165) is 18.5 Å². The molecule has 1 aromatic heterocycles. The largest absolute Gasteiger partial charge is 0.314 e. The lowest BCUT2D eigenvalue weighted by Gasteiger charge is -2.32. The van der Waals surface area contributed by atoms with Gasteiger partial charge in [-0.25, -0.2) is 0 Å². The molecule has 90 valence electrons. The third-order valence-electron chi connectivity index (χ3n) is 3.76. The highest BCUT2D eigenvalue weighted by Gasteiger charge is 2.23. The lowest BCUT2D eigenvalue weighted by atomic mass is 9.81. The van der Waals surface area contributed by atoms with Gasteiger partial charge in [-0.1, -0.05) is 19.8 Å². The maximum absolute atomic E-state index is 3.67. The van der Waals surface area contributed by atoms with Crippen LogP contribution in [0, 0.1) is 5.92 Å². The van der Waals surface area contributed by atoms with Gasteiger partial charge in [-0.3, -0.25) is 0 Å². The Morgan fingerprint density at radius 2 is 2.25 bits per heavy atom. The summed E-state index contributed by atoms with van der Waals surface area (Å²) >= 11 is 1.82. The quantitative estimate of drug-likeness (QED) is 0.820. The van der Waals surface area contributed by atoms with E-state index in [1.807, 2.05) is 11.3 Å². The Labute approximate surface area is 103 Å². The van der Waals surface area contributed by atoms with Gasteiger partial charge in [-0.05, 0) is 60.5 Å². The number of thiophene rings is 1. The molecule has 1 fully saturated rings. The van der Waals surface area contributed by atoms with Crippen LogP contribution in [0.2, 0.25) is 0 Å². The standard InChI is InChI=1S/C14H23NS/c1-2-15-14-6-4-3-5-13(14)8-7-12-9-10-16-11-12/h9-11,13-15H,2-8H2,1H3. The summed E-state index contributed by atoms with van der Waals surface area (Å²) in [6, 6.07) is 3.06. The maximum atomic E-state index is 3.67. The molecule has 0 bridgehead atoms. The molecule has 0 amide bonds. The lowest BCUT2D eigenvalue weighted by Crippen LogP contribution is -2.38. The van der Waals surface area contributed by atoms with Gasteiger partial charge in [0.15, 0.2) is 0 Å². The molecule has 0 radical (unpaired) electrons. The van der Waals surface area contributed by atoms with Gasteiger partial charge in [-0.15, -0.1) is 0 Å². The summed E-state index contributed by atoms with van der Waals surface area (Å²) in [5.74, 6) is 0.911. The van der Waals surface area contributed by atoms with Crippen molar-refractivity contribution in [2.24, 2.45) is 5.92 Å². The molecule has 2 unspecified atom stereocenters. The molecule has 2 atom stereocenters. The van der Waals surface area contributed by atoms with E-state index in [1.165, 1.54) is 44.1 Å². The Kier molecular flexibility index (Phi) is 4.86. The van der Waals surface area contributed by atoms with Crippen LogP contribution in [0.4, 0.5) is 0 Å². The van der Waals surface area contributed by atoms with E-state index in [0.29, 0.717) is 0 Å². The van der Waals surface area contributed by atoms with Crippen LogP contribution in [-0.4, -0.2) is 12.6 Å².